The van der Waals surface area contributed by atoms with Gasteiger partial charge in [-0.25, -0.2) is 22.5 Å². The van der Waals surface area contributed by atoms with E-state index in [0.717, 1.165) is 113 Å². The number of hydrogen-bond donors (Lipinski definition) is 4. The molecule has 0 radical (unpaired) electrons. The molecule has 12 aliphatic carbocycles. The molecule has 4 N–H and O–H groups in total. The normalized spacial score (nSPS) is 24.4. The van der Waals surface area contributed by atoms with Crippen LogP contribution in [-0.2, 0) is 25.6 Å². The molecule has 116 heavy (non-hydrogen) atoms. The molecule has 1 atom stereocenters. The Labute approximate surface area is 687 Å². The Kier molecular flexibility index (Phi) is 24.7. The Hall–Kier alpha value is -10.2. The summed E-state index contributed by atoms with van der Waals surface area (Å²) in [6.07, 6.45) is 15.3. The molecule has 20 rings (SSSR count). The van der Waals surface area contributed by atoms with Gasteiger partial charge in [-0.05, 0) is 202 Å². The number of ketones is 4. The fourth-order valence-corrected chi connectivity index (χ4v) is 18.8. The van der Waals surface area contributed by atoms with Crippen molar-refractivity contribution >= 4 is 93.2 Å². The maximum absolute atomic E-state index is 13.4. The molecule has 12 saturated carbocycles. The molecule has 2 heterocycles. The highest BCUT2D eigenvalue weighted by atomic mass is 35.5. The Morgan fingerprint density at radius 1 is 0.440 bits per heavy atom. The fraction of sp³-hybridized carbons (Fsp3) is 0.391. The van der Waals surface area contributed by atoms with Gasteiger partial charge in [-0.1, -0.05) is 89.7 Å². The van der Waals surface area contributed by atoms with E-state index in [-0.39, 0.29) is 149 Å². The predicted octanol–water partition coefficient (Wildman–Crippen LogP) is 16.3. The first-order valence-electron chi connectivity index (χ1n) is 38.0. The Bertz CT molecular complexity index is 5040. The first kappa shape index (κ1) is 83.7. The quantitative estimate of drug-likeness (QED) is 0.0225. The van der Waals surface area contributed by atoms with E-state index in [1.54, 1.807) is 60.8 Å². The number of Topliss-reactive ketones (excluding diaryl/α,β-unsaturated/α-hetero) is 4. The number of benzene rings is 6. The van der Waals surface area contributed by atoms with Crippen LogP contribution in [0.5, 0.6) is 34.6 Å². The maximum Gasteiger partial charge on any atom is 0.258 e. The third-order valence-corrected chi connectivity index (χ3v) is 24.2. The van der Waals surface area contributed by atoms with Crippen LogP contribution >= 0.6 is 46.4 Å². The zero-order chi connectivity index (χ0) is 82.6. The second-order valence-electron chi connectivity index (χ2n) is 32.6. The highest BCUT2D eigenvalue weighted by molar-refractivity contribution is 6.32. The van der Waals surface area contributed by atoms with E-state index in [2.05, 4.69) is 43.4 Å². The molecule has 12 aliphatic rings. The molecule has 1 unspecified atom stereocenters. The second kappa shape index (κ2) is 34.2. The minimum atomic E-state index is -1.45. The molecule has 6 aromatic carbocycles. The summed E-state index contributed by atoms with van der Waals surface area (Å²) in [5.41, 5.74) is 3.48. The van der Waals surface area contributed by atoms with Crippen LogP contribution in [0, 0.1) is 46.0 Å². The van der Waals surface area contributed by atoms with Gasteiger partial charge >= 0.3 is 0 Å². The van der Waals surface area contributed by atoms with Crippen molar-refractivity contribution < 1.29 is 84.3 Å². The number of carbonyl (C=O) groups excluding carboxylic acids is 8. The number of ether oxygens (including phenoxy) is 6. The number of hydrogen-bond acceptors (Lipinski definition) is 17. The number of nitrogens with one attached hydrogen (secondary N) is 4. The third-order valence-electron chi connectivity index (χ3n) is 22.9. The highest BCUT2D eigenvalue weighted by Crippen LogP contribution is 2.72. The van der Waals surface area contributed by atoms with Crippen molar-refractivity contribution in [1.82, 2.24) is 36.4 Å². The number of nitrogens with zero attached hydrogens (tertiary/aromatic N) is 3. The molecular weight excluding hydrogens is 1580 g/mol. The molecule has 2 aromatic heterocycles. The van der Waals surface area contributed by atoms with E-state index in [0.29, 0.717) is 64.8 Å². The molecule has 8 aromatic rings. The van der Waals surface area contributed by atoms with Crippen LogP contribution in [0.3, 0.4) is 0 Å². The van der Waals surface area contributed by atoms with E-state index in [4.69, 9.17) is 74.8 Å². The number of pyridine rings is 1. The van der Waals surface area contributed by atoms with Gasteiger partial charge in [-0.3, -0.25) is 38.4 Å². The smallest absolute Gasteiger partial charge is 0.258 e. The highest BCUT2D eigenvalue weighted by Gasteiger charge is 2.71. The first-order valence-corrected chi connectivity index (χ1v) is 39.5. The number of aromatic nitrogens is 3. The van der Waals surface area contributed by atoms with E-state index >= 15 is 0 Å². The van der Waals surface area contributed by atoms with Crippen LogP contribution in [0.4, 0.5) is 17.6 Å². The van der Waals surface area contributed by atoms with E-state index < -0.39 is 23.8 Å². The van der Waals surface area contributed by atoms with E-state index in [9.17, 15) is 55.9 Å². The van der Waals surface area contributed by atoms with Crippen molar-refractivity contribution in [3.8, 4) is 34.6 Å². The lowest BCUT2D eigenvalue weighted by atomic mass is 9.38. The number of amides is 4. The summed E-state index contributed by atoms with van der Waals surface area (Å²) in [6.45, 7) is 4.71. The van der Waals surface area contributed by atoms with Crippen LogP contribution in [0.1, 0.15) is 169 Å². The zero-order valence-electron chi connectivity index (χ0n) is 64.0. The Morgan fingerprint density at radius 3 is 1.26 bits per heavy atom. The lowest BCUT2D eigenvalue weighted by molar-refractivity contribution is -0.165. The van der Waals surface area contributed by atoms with Gasteiger partial charge in [0.1, 0.15) is 52.8 Å². The topological polar surface area (TPSA) is 279 Å². The predicted molar refractivity (Wildman–Crippen MR) is 423 cm³/mol. The number of aryl methyl sites for hydroxylation is 2. The van der Waals surface area contributed by atoms with Crippen LogP contribution in [0.25, 0.3) is 0 Å². The van der Waals surface area contributed by atoms with Crippen LogP contribution in [-0.4, -0.2) is 124 Å². The SMILES string of the molecule is CC(F)Oc1cccc(C(=O)CC23CC(NC(=O)COc4ccc(Cl)c(F)c4)(C2)C3)c1.CCc1ccc(C(=O)CC23CC(NC(=O)COc4ccc(Cl)c(F)c4)(C2)C3)cc1.COc1cc(C(=O)CC23CC(NC(=O)COc4ccc(Cl)c(F)c4)(C2)C3)ccn1.Cc1cc(OCC(=O)CC23CC(NC(=O)c4ccnnc4)(C2)C3)ccc1Cl. The number of rotatable bonds is 32. The average molecular weight is 1670 g/mol. The summed E-state index contributed by atoms with van der Waals surface area (Å²) in [4.78, 5) is 103. The first-order chi connectivity index (χ1) is 55.2. The molecule has 0 spiro atoms. The molecule has 4 amide bonds. The van der Waals surface area contributed by atoms with Gasteiger partial charge in [-0.15, -0.1) is 0 Å². The summed E-state index contributed by atoms with van der Waals surface area (Å²) in [5, 5.41) is 20.1. The number of carbonyl (C=O) groups is 8. The largest absolute Gasteiger partial charge is 0.486 e. The summed E-state index contributed by atoms with van der Waals surface area (Å²) in [5.74, 6) is -0.318. The number of alkyl halides is 1. The standard InChI is InChI=1S/C23H22ClF2NO4.C23H23ClFNO3.C21H20ClFN2O4.C20H20ClN3O3/c1-14(25)31-17-4-2-3-15(7-17)20(28)9-22-11-23(12-22,13-22)27-21(29)10-30-16-5-6-18(24)19(26)8-16;1-2-15-3-5-16(6-4-15)20(27)10-22-12-23(13-22,14-22)26-21(28)11-29-17-7-8-18(24)19(25)9-17;1-28-19-6-13(4-5-24-19)17(26)8-20-10-21(11-20,12-20)25-18(27)9-29-14-2-3-15(22)16(23)7-14;1-13-6-16(2-3-17(13)21)27-9-15(25)7-19-10-20(11-19,12-19)24-18(26)14-4-5-22-23-8-14/h2-8,14H,9-13H2,1H3,(H,27,29);3-9H,2,10-14H2,1H3,(H,26,28);2-7H,8-12H2,1H3,(H,25,27);2-6,8H,7,9-12H2,1H3,(H,24,26). The van der Waals surface area contributed by atoms with Crippen molar-refractivity contribution in [3.05, 3.63) is 229 Å². The molecule has 29 heteroatoms. The Balaban J connectivity index is 0.000000135. The van der Waals surface area contributed by atoms with Gasteiger partial charge in [-0.2, -0.15) is 10.2 Å². The summed E-state index contributed by atoms with van der Waals surface area (Å²) >= 11 is 22.9. The van der Waals surface area contributed by atoms with Crippen molar-refractivity contribution in [1.29, 1.82) is 0 Å². The summed E-state index contributed by atoms with van der Waals surface area (Å²) in [6, 6.07) is 36.8. The van der Waals surface area contributed by atoms with Crippen molar-refractivity contribution in [2.24, 2.45) is 21.7 Å². The average Bonchev–Trinajstić information content (AvgIpc) is 0.700. The van der Waals surface area contributed by atoms with Crippen molar-refractivity contribution in [2.45, 2.75) is 158 Å². The molecule has 0 aliphatic heterocycles. The molecule has 608 valence electrons. The van der Waals surface area contributed by atoms with Gasteiger partial charge < -0.3 is 49.7 Å². The monoisotopic (exact) mass is 1670 g/mol. The van der Waals surface area contributed by atoms with Gasteiger partial charge in [0.2, 0.25) is 12.2 Å². The summed E-state index contributed by atoms with van der Waals surface area (Å²) in [7, 11) is 1.51. The third kappa shape index (κ3) is 19.7. The molecule has 12 fully saturated rings. The van der Waals surface area contributed by atoms with Gasteiger partial charge in [0.25, 0.3) is 23.6 Å². The summed E-state index contributed by atoms with van der Waals surface area (Å²) < 4.78 is 84.9. The van der Waals surface area contributed by atoms with Crippen LogP contribution < -0.4 is 49.7 Å². The van der Waals surface area contributed by atoms with Gasteiger partial charge in [0.05, 0.1) is 40.1 Å². The van der Waals surface area contributed by atoms with Crippen molar-refractivity contribution in [3.63, 3.8) is 0 Å². The number of methoxy groups -OCH3 is 1. The van der Waals surface area contributed by atoms with Gasteiger partial charge in [0.15, 0.2) is 43.0 Å². The van der Waals surface area contributed by atoms with E-state index in [1.807, 2.05) is 37.3 Å². The molecule has 8 bridgehead atoms. The van der Waals surface area contributed by atoms with Crippen molar-refractivity contribution in [2.75, 3.05) is 33.5 Å². The minimum Gasteiger partial charge on any atom is -0.486 e. The molecule has 0 saturated heterocycles. The van der Waals surface area contributed by atoms with Crippen LogP contribution in [0.15, 0.2) is 158 Å². The maximum atomic E-state index is 13.4. The molecular formula is C87H85Cl4F4N7O14. The lowest BCUT2D eigenvalue weighted by Gasteiger charge is -2.70. The van der Waals surface area contributed by atoms with Crippen LogP contribution in [0.2, 0.25) is 20.1 Å². The zero-order valence-corrected chi connectivity index (χ0v) is 67.0. The van der Waals surface area contributed by atoms with E-state index in [1.165, 1.54) is 68.4 Å². The van der Waals surface area contributed by atoms with Gasteiger partial charge in [0, 0.05) is 107 Å². The Morgan fingerprint density at radius 2 is 0.845 bits per heavy atom. The minimum absolute atomic E-state index is 0.000669. The number of halogens is 8. The second-order valence-corrected chi connectivity index (χ2v) is 34.2. The lowest BCUT2D eigenvalue weighted by Crippen LogP contribution is -2.75. The molecule has 21 nitrogen and oxygen atoms in total. The fourth-order valence-electron chi connectivity index (χ4n) is 18.4.